The number of carbonyl (C=O) groups is 2. The minimum absolute atomic E-state index is 0.0143. The zero-order valence-corrected chi connectivity index (χ0v) is 21.9. The molecule has 2 aromatic carbocycles. The average Bonchev–Trinajstić information content (AvgIpc) is 3.40. The van der Waals surface area contributed by atoms with Gasteiger partial charge in [0.25, 0.3) is 5.91 Å². The van der Waals surface area contributed by atoms with Crippen molar-refractivity contribution in [3.8, 4) is 22.8 Å². The number of ether oxygens (including phenoxy) is 2. The summed E-state index contributed by atoms with van der Waals surface area (Å²) in [4.78, 5) is 31.8. The summed E-state index contributed by atoms with van der Waals surface area (Å²) in [6.07, 6.45) is -4.28. The first-order valence-electron chi connectivity index (χ1n) is 12.3. The van der Waals surface area contributed by atoms with Crippen LogP contribution in [0.25, 0.3) is 22.2 Å². The molecule has 2 heterocycles. The maximum atomic E-state index is 14.5. The Morgan fingerprint density at radius 1 is 1.12 bits per heavy atom. The number of aromatic nitrogens is 2. The molecule has 13 heteroatoms. The van der Waals surface area contributed by atoms with E-state index in [1.807, 2.05) is 0 Å². The maximum Gasteiger partial charge on any atom is 0.424 e. The molecule has 0 bridgehead atoms. The molecule has 0 unspecified atom stereocenters. The lowest BCUT2D eigenvalue weighted by atomic mass is 9.93. The number of hydrogen-bond acceptors (Lipinski definition) is 6. The van der Waals surface area contributed by atoms with Gasteiger partial charge in [-0.15, -0.1) is 0 Å². The van der Waals surface area contributed by atoms with Gasteiger partial charge in [-0.2, -0.15) is 13.2 Å². The molecule has 0 aliphatic carbocycles. The van der Waals surface area contributed by atoms with E-state index in [9.17, 15) is 32.3 Å². The second kappa shape index (κ2) is 11.5. The van der Waals surface area contributed by atoms with E-state index in [2.05, 4.69) is 15.3 Å². The van der Waals surface area contributed by atoms with E-state index in [4.69, 9.17) is 15.2 Å². The van der Waals surface area contributed by atoms with Gasteiger partial charge in [0, 0.05) is 28.3 Å². The van der Waals surface area contributed by atoms with Gasteiger partial charge >= 0.3 is 6.18 Å². The van der Waals surface area contributed by atoms with Crippen LogP contribution < -0.4 is 20.5 Å². The van der Waals surface area contributed by atoms with Crippen molar-refractivity contribution in [3.05, 3.63) is 77.4 Å². The SMILES string of the molecule is CCOc1c(CC(N)=O)cc([C@@](O)(CNC(=O)c2cc(OC)c3[nH]ccc3c2)C(F)(F)F)nc1-c1ccc(F)cc1. The van der Waals surface area contributed by atoms with Crippen molar-refractivity contribution in [2.45, 2.75) is 25.1 Å². The number of nitrogens with two attached hydrogens (primary N) is 1. The number of fused-ring (bicyclic) bond motifs is 1. The summed E-state index contributed by atoms with van der Waals surface area (Å²) in [5, 5.41) is 13.8. The Kier molecular flexibility index (Phi) is 8.19. The number of pyridine rings is 1. The van der Waals surface area contributed by atoms with E-state index >= 15 is 0 Å². The maximum absolute atomic E-state index is 14.5. The number of carbonyl (C=O) groups excluding carboxylic acids is 2. The van der Waals surface area contributed by atoms with E-state index in [0.717, 1.165) is 18.2 Å². The molecule has 1 atom stereocenters. The number of nitrogens with zero attached hydrogens (tertiary/aromatic N) is 1. The Balaban J connectivity index is 1.80. The number of nitrogens with one attached hydrogen (secondary N) is 2. The number of amides is 2. The Labute approximate surface area is 231 Å². The van der Waals surface area contributed by atoms with Crippen LogP contribution >= 0.6 is 0 Å². The van der Waals surface area contributed by atoms with Crippen LogP contribution in [0.1, 0.15) is 28.5 Å². The Bertz CT molecular complexity index is 1590. The van der Waals surface area contributed by atoms with Crippen LogP contribution in [0.15, 0.2) is 54.7 Å². The second-order valence-corrected chi connectivity index (χ2v) is 9.09. The Morgan fingerprint density at radius 2 is 1.83 bits per heavy atom. The molecule has 0 aliphatic heterocycles. The summed E-state index contributed by atoms with van der Waals surface area (Å²) in [7, 11) is 1.37. The average molecular weight is 575 g/mol. The minimum atomic E-state index is -5.34. The normalized spacial score (nSPS) is 13.0. The van der Waals surface area contributed by atoms with Crippen LogP contribution in [-0.4, -0.2) is 53.3 Å². The first-order chi connectivity index (χ1) is 19.4. The minimum Gasteiger partial charge on any atom is -0.495 e. The number of methoxy groups -OCH3 is 1. The molecule has 5 N–H and O–H groups in total. The van der Waals surface area contributed by atoms with Crippen molar-refractivity contribution in [1.82, 2.24) is 15.3 Å². The van der Waals surface area contributed by atoms with Crippen LogP contribution in [0.5, 0.6) is 11.5 Å². The molecule has 0 aliphatic rings. The fourth-order valence-electron chi connectivity index (χ4n) is 4.30. The highest BCUT2D eigenvalue weighted by Gasteiger charge is 2.56. The van der Waals surface area contributed by atoms with Gasteiger partial charge in [0.1, 0.15) is 23.0 Å². The zero-order valence-electron chi connectivity index (χ0n) is 21.9. The molecular formula is C28H26F4N4O5. The lowest BCUT2D eigenvalue weighted by molar-refractivity contribution is -0.265. The summed E-state index contributed by atoms with van der Waals surface area (Å²) in [5.41, 5.74) is 1.17. The van der Waals surface area contributed by atoms with Crippen molar-refractivity contribution in [1.29, 1.82) is 0 Å². The number of alkyl halides is 3. The largest absolute Gasteiger partial charge is 0.495 e. The van der Waals surface area contributed by atoms with E-state index in [1.54, 1.807) is 19.2 Å². The van der Waals surface area contributed by atoms with Crippen molar-refractivity contribution in [3.63, 3.8) is 0 Å². The third-order valence-corrected chi connectivity index (χ3v) is 6.32. The fraction of sp³-hybridized carbons (Fsp3) is 0.250. The van der Waals surface area contributed by atoms with Crippen molar-refractivity contribution in [2.24, 2.45) is 5.73 Å². The summed E-state index contributed by atoms with van der Waals surface area (Å²) < 4.78 is 68.0. The van der Waals surface area contributed by atoms with E-state index in [0.29, 0.717) is 10.9 Å². The third kappa shape index (κ3) is 5.94. The van der Waals surface area contributed by atoms with Crippen molar-refractivity contribution >= 4 is 22.7 Å². The van der Waals surface area contributed by atoms with Gasteiger partial charge < -0.3 is 30.6 Å². The number of primary amides is 1. The number of aliphatic hydroxyl groups is 1. The molecule has 2 aromatic heterocycles. The third-order valence-electron chi connectivity index (χ3n) is 6.32. The summed E-state index contributed by atoms with van der Waals surface area (Å²) >= 11 is 0. The summed E-state index contributed by atoms with van der Waals surface area (Å²) in [6, 6.07) is 9.96. The molecule has 0 fully saturated rings. The van der Waals surface area contributed by atoms with Crippen molar-refractivity contribution < 1.29 is 41.7 Å². The van der Waals surface area contributed by atoms with Crippen LogP contribution in [0.2, 0.25) is 0 Å². The molecule has 0 saturated heterocycles. The molecule has 9 nitrogen and oxygen atoms in total. The van der Waals surface area contributed by atoms with E-state index in [-0.39, 0.29) is 40.5 Å². The van der Waals surface area contributed by atoms with Gasteiger partial charge in [0.2, 0.25) is 11.5 Å². The van der Waals surface area contributed by atoms with Crippen LogP contribution in [0, 0.1) is 5.82 Å². The van der Waals surface area contributed by atoms with Crippen molar-refractivity contribution in [2.75, 3.05) is 20.3 Å². The van der Waals surface area contributed by atoms with Gasteiger partial charge in [-0.3, -0.25) is 9.59 Å². The zero-order chi connectivity index (χ0) is 29.9. The smallest absolute Gasteiger partial charge is 0.424 e. The standard InChI is InChI=1S/C28H26F4N4O5/c1-3-41-25-17(13-22(33)37)12-21(36-24(25)15-4-6-19(29)7-5-15)27(39,28(30,31)32)14-35-26(38)18-10-16-8-9-34-23(16)20(11-18)40-2/h4-12,34,39H,3,13-14H2,1-2H3,(H2,33,37)(H,35,38)/t27-/m0/s1. The molecule has 4 aromatic rings. The molecule has 216 valence electrons. The first-order valence-corrected chi connectivity index (χ1v) is 12.3. The predicted molar refractivity (Wildman–Crippen MR) is 141 cm³/mol. The quantitative estimate of drug-likeness (QED) is 0.211. The number of benzene rings is 2. The highest BCUT2D eigenvalue weighted by molar-refractivity contribution is 6.00. The predicted octanol–water partition coefficient (Wildman–Crippen LogP) is 3.98. The molecular weight excluding hydrogens is 548 g/mol. The lowest BCUT2D eigenvalue weighted by Crippen LogP contribution is -2.51. The first kappa shape index (κ1) is 29.3. The highest BCUT2D eigenvalue weighted by atomic mass is 19.4. The van der Waals surface area contributed by atoms with Gasteiger partial charge in [0.15, 0.2) is 0 Å². The van der Waals surface area contributed by atoms with Gasteiger partial charge in [-0.25, -0.2) is 9.37 Å². The highest BCUT2D eigenvalue weighted by Crippen LogP contribution is 2.42. The fourth-order valence-corrected chi connectivity index (χ4v) is 4.30. The van der Waals surface area contributed by atoms with E-state index < -0.39 is 48.1 Å². The number of rotatable bonds is 10. The van der Waals surface area contributed by atoms with Gasteiger partial charge in [-0.1, -0.05) is 0 Å². The van der Waals surface area contributed by atoms with Crippen LogP contribution in [-0.2, 0) is 16.8 Å². The van der Waals surface area contributed by atoms with E-state index in [1.165, 1.54) is 31.4 Å². The second-order valence-electron chi connectivity index (χ2n) is 9.09. The summed E-state index contributed by atoms with van der Waals surface area (Å²) in [5.74, 6) is -2.18. The number of halogens is 4. The number of H-pyrrole nitrogens is 1. The molecule has 2 amide bonds. The topological polar surface area (TPSA) is 140 Å². The Hall–Kier alpha value is -4.65. The van der Waals surface area contributed by atoms with Crippen LogP contribution in [0.4, 0.5) is 17.6 Å². The summed E-state index contributed by atoms with van der Waals surface area (Å²) in [6.45, 7) is 0.329. The molecule has 0 spiro atoms. The number of aromatic amines is 1. The molecule has 4 rings (SSSR count). The Morgan fingerprint density at radius 3 is 2.44 bits per heavy atom. The molecule has 41 heavy (non-hydrogen) atoms. The van der Waals surface area contributed by atoms with Gasteiger partial charge in [-0.05, 0) is 55.5 Å². The molecule has 0 radical (unpaired) electrons. The monoisotopic (exact) mass is 574 g/mol. The molecule has 0 saturated carbocycles. The van der Waals surface area contributed by atoms with Crippen LogP contribution in [0.3, 0.4) is 0 Å². The van der Waals surface area contributed by atoms with Gasteiger partial charge in [0.05, 0.1) is 37.9 Å². The lowest BCUT2D eigenvalue weighted by Gasteiger charge is -2.31. The number of hydrogen-bond donors (Lipinski definition) is 4.